The Morgan fingerprint density at radius 1 is 1.36 bits per heavy atom. The molecule has 5 nitrogen and oxygen atoms in total. The fourth-order valence-corrected chi connectivity index (χ4v) is 2.05. The van der Waals surface area contributed by atoms with E-state index in [2.05, 4.69) is 10.6 Å². The predicted molar refractivity (Wildman–Crippen MR) is 84.3 cm³/mol. The summed E-state index contributed by atoms with van der Waals surface area (Å²) in [6.45, 7) is 0.368. The van der Waals surface area contributed by atoms with Crippen LogP contribution in [-0.4, -0.2) is 5.91 Å². The van der Waals surface area contributed by atoms with Crippen molar-refractivity contribution in [1.82, 2.24) is 5.32 Å². The van der Waals surface area contributed by atoms with E-state index in [4.69, 9.17) is 32.9 Å². The Balaban J connectivity index is 2.00. The Labute approximate surface area is 137 Å². The van der Waals surface area contributed by atoms with Crippen LogP contribution in [0.1, 0.15) is 5.76 Å². The fourth-order valence-electron chi connectivity index (χ4n) is 1.60. The number of hydrogen-bond acceptors (Lipinski definition) is 4. The number of halogens is 2. The maximum absolute atomic E-state index is 12.0. The van der Waals surface area contributed by atoms with Gasteiger partial charge < -0.3 is 15.1 Å². The van der Waals surface area contributed by atoms with Crippen molar-refractivity contribution in [2.45, 2.75) is 6.54 Å². The number of anilines is 1. The van der Waals surface area contributed by atoms with Gasteiger partial charge in [0.2, 0.25) is 0 Å². The molecule has 0 aliphatic rings. The molecule has 0 fully saturated rings. The zero-order chi connectivity index (χ0) is 15.9. The Bertz CT molecular complexity index is 734. The Hall–Kier alpha value is -2.42. The maximum atomic E-state index is 12.0. The topological polar surface area (TPSA) is 78.1 Å². The van der Waals surface area contributed by atoms with Gasteiger partial charge in [0.15, 0.2) is 0 Å². The van der Waals surface area contributed by atoms with Gasteiger partial charge >= 0.3 is 0 Å². The first-order valence-electron chi connectivity index (χ1n) is 6.22. The molecule has 0 spiro atoms. The van der Waals surface area contributed by atoms with E-state index in [1.807, 2.05) is 6.07 Å². The predicted octanol–water partition coefficient (Wildman–Crippen LogP) is 3.72. The zero-order valence-corrected chi connectivity index (χ0v) is 12.8. The second-order valence-electron chi connectivity index (χ2n) is 4.21. The number of hydrogen-bond donors (Lipinski definition) is 2. The first-order valence-corrected chi connectivity index (χ1v) is 6.98. The molecule has 112 valence electrons. The van der Waals surface area contributed by atoms with Crippen LogP contribution in [0.5, 0.6) is 0 Å². The van der Waals surface area contributed by atoms with E-state index in [1.54, 1.807) is 30.5 Å². The van der Waals surface area contributed by atoms with Gasteiger partial charge in [-0.1, -0.05) is 23.2 Å². The number of carbonyl (C=O) groups is 1. The Morgan fingerprint density at radius 2 is 2.18 bits per heavy atom. The van der Waals surface area contributed by atoms with Gasteiger partial charge in [-0.2, -0.15) is 5.26 Å². The van der Waals surface area contributed by atoms with Gasteiger partial charge in [-0.15, -0.1) is 0 Å². The summed E-state index contributed by atoms with van der Waals surface area (Å²) in [7, 11) is 0. The number of benzene rings is 1. The second-order valence-corrected chi connectivity index (χ2v) is 5.05. The van der Waals surface area contributed by atoms with Gasteiger partial charge in [-0.25, -0.2) is 0 Å². The molecule has 0 aliphatic heterocycles. The molecule has 2 N–H and O–H groups in total. The quantitative estimate of drug-likeness (QED) is 0.644. The third-order valence-corrected chi connectivity index (χ3v) is 3.20. The average molecular weight is 336 g/mol. The molecular formula is C15H11Cl2N3O2. The Morgan fingerprint density at radius 3 is 2.82 bits per heavy atom. The Kier molecular flexibility index (Phi) is 5.48. The molecule has 0 radical (unpaired) electrons. The van der Waals surface area contributed by atoms with Crippen molar-refractivity contribution < 1.29 is 9.21 Å². The highest BCUT2D eigenvalue weighted by Gasteiger charge is 2.11. The van der Waals surface area contributed by atoms with Crippen LogP contribution in [0.4, 0.5) is 5.69 Å². The van der Waals surface area contributed by atoms with Gasteiger partial charge in [0.25, 0.3) is 5.91 Å². The monoisotopic (exact) mass is 335 g/mol. The minimum Gasteiger partial charge on any atom is -0.467 e. The lowest BCUT2D eigenvalue weighted by Crippen LogP contribution is -2.16. The van der Waals surface area contributed by atoms with Crippen molar-refractivity contribution in [2.75, 3.05) is 5.32 Å². The molecule has 22 heavy (non-hydrogen) atoms. The standard InChI is InChI=1S/C15H11Cl2N3O2/c16-11-3-4-14(13(17)6-11)20-15(21)10(7-18)8-19-9-12-2-1-5-22-12/h1-6,8,19H,9H2,(H,20,21)/b10-8-. The highest BCUT2D eigenvalue weighted by molar-refractivity contribution is 6.36. The van der Waals surface area contributed by atoms with Crippen LogP contribution in [0.25, 0.3) is 0 Å². The molecule has 1 amide bonds. The van der Waals surface area contributed by atoms with E-state index in [-0.39, 0.29) is 5.57 Å². The maximum Gasteiger partial charge on any atom is 0.267 e. The number of carbonyl (C=O) groups excluding carboxylic acids is 1. The van der Waals surface area contributed by atoms with Crippen LogP contribution < -0.4 is 10.6 Å². The summed E-state index contributed by atoms with van der Waals surface area (Å²) >= 11 is 11.7. The lowest BCUT2D eigenvalue weighted by atomic mass is 10.2. The smallest absolute Gasteiger partial charge is 0.267 e. The molecule has 0 saturated carbocycles. The number of rotatable bonds is 5. The largest absolute Gasteiger partial charge is 0.467 e. The lowest BCUT2D eigenvalue weighted by molar-refractivity contribution is -0.112. The number of nitriles is 1. The van der Waals surface area contributed by atoms with E-state index in [0.717, 1.165) is 0 Å². The first kappa shape index (κ1) is 16.0. The molecule has 0 atom stereocenters. The van der Waals surface area contributed by atoms with Crippen LogP contribution >= 0.6 is 23.2 Å². The second kappa shape index (κ2) is 7.55. The highest BCUT2D eigenvalue weighted by atomic mass is 35.5. The van der Waals surface area contributed by atoms with Crippen molar-refractivity contribution in [3.63, 3.8) is 0 Å². The van der Waals surface area contributed by atoms with Gasteiger partial charge in [0, 0.05) is 11.2 Å². The summed E-state index contributed by atoms with van der Waals surface area (Å²) < 4.78 is 5.13. The molecular weight excluding hydrogens is 325 g/mol. The molecule has 1 heterocycles. The summed E-state index contributed by atoms with van der Waals surface area (Å²) in [5.41, 5.74) is 0.292. The molecule has 0 unspecified atom stereocenters. The molecule has 7 heteroatoms. The SMILES string of the molecule is N#C/C(=C/NCc1ccco1)C(=O)Nc1ccc(Cl)cc1Cl. The van der Waals surface area contributed by atoms with Crippen molar-refractivity contribution >= 4 is 34.8 Å². The molecule has 2 rings (SSSR count). The summed E-state index contributed by atoms with van der Waals surface area (Å²) in [5, 5.41) is 15.2. The summed E-state index contributed by atoms with van der Waals surface area (Å²) in [4.78, 5) is 12.0. The van der Waals surface area contributed by atoms with E-state index in [1.165, 1.54) is 12.3 Å². The first-order chi connectivity index (χ1) is 10.6. The third-order valence-electron chi connectivity index (χ3n) is 2.65. The summed E-state index contributed by atoms with van der Waals surface area (Å²) in [6, 6.07) is 10.0. The fraction of sp³-hybridized carbons (Fsp3) is 0.0667. The van der Waals surface area contributed by atoms with Crippen molar-refractivity contribution in [3.8, 4) is 6.07 Å². The van der Waals surface area contributed by atoms with Gasteiger partial charge in [0.1, 0.15) is 17.4 Å². The van der Waals surface area contributed by atoms with Gasteiger partial charge in [-0.3, -0.25) is 4.79 Å². The highest BCUT2D eigenvalue weighted by Crippen LogP contribution is 2.25. The minimum absolute atomic E-state index is 0.0856. The molecule has 2 aromatic rings. The van der Waals surface area contributed by atoms with Gasteiger partial charge in [0.05, 0.1) is 23.5 Å². The van der Waals surface area contributed by atoms with Crippen LogP contribution in [0.15, 0.2) is 52.8 Å². The van der Waals surface area contributed by atoms with Crippen LogP contribution in [-0.2, 0) is 11.3 Å². The molecule has 1 aromatic heterocycles. The summed E-state index contributed by atoms with van der Waals surface area (Å²) in [6.07, 6.45) is 2.86. The molecule has 0 bridgehead atoms. The summed E-state index contributed by atoms with van der Waals surface area (Å²) in [5.74, 6) is 0.119. The van der Waals surface area contributed by atoms with Crippen molar-refractivity contribution in [1.29, 1.82) is 5.26 Å². The molecule has 1 aromatic carbocycles. The van der Waals surface area contributed by atoms with E-state index in [9.17, 15) is 4.79 Å². The van der Waals surface area contributed by atoms with Crippen molar-refractivity contribution in [3.05, 3.63) is 64.2 Å². The molecule has 0 saturated heterocycles. The van der Waals surface area contributed by atoms with Crippen molar-refractivity contribution in [2.24, 2.45) is 0 Å². The minimum atomic E-state index is -0.571. The van der Waals surface area contributed by atoms with Gasteiger partial charge in [-0.05, 0) is 30.3 Å². The number of amides is 1. The number of nitrogens with zero attached hydrogens (tertiary/aromatic N) is 1. The lowest BCUT2D eigenvalue weighted by Gasteiger charge is -2.07. The van der Waals surface area contributed by atoms with Crippen LogP contribution in [0, 0.1) is 11.3 Å². The van der Waals surface area contributed by atoms with E-state index >= 15 is 0 Å². The average Bonchev–Trinajstić information content (AvgIpc) is 2.99. The van der Waals surface area contributed by atoms with E-state index < -0.39 is 5.91 Å². The number of nitrogens with one attached hydrogen (secondary N) is 2. The normalized spacial score (nSPS) is 10.9. The van der Waals surface area contributed by atoms with Crippen LogP contribution in [0.3, 0.4) is 0 Å². The zero-order valence-electron chi connectivity index (χ0n) is 11.3. The van der Waals surface area contributed by atoms with E-state index in [0.29, 0.717) is 28.0 Å². The number of furan rings is 1. The molecule has 0 aliphatic carbocycles. The third kappa shape index (κ3) is 4.29. The van der Waals surface area contributed by atoms with Crippen LogP contribution in [0.2, 0.25) is 10.0 Å².